The van der Waals surface area contributed by atoms with Crippen LogP contribution in [0, 0.1) is 0 Å². The summed E-state index contributed by atoms with van der Waals surface area (Å²) in [4.78, 5) is 14.6. The molecule has 110 valence electrons. The van der Waals surface area contributed by atoms with Gasteiger partial charge < -0.3 is 15.2 Å². The molecule has 0 amide bonds. The molecule has 0 spiro atoms. The van der Waals surface area contributed by atoms with Gasteiger partial charge in [-0.15, -0.1) is 0 Å². The first kappa shape index (κ1) is 13.8. The first-order valence-corrected chi connectivity index (χ1v) is 7.96. The zero-order chi connectivity index (χ0) is 13.9. The van der Waals surface area contributed by atoms with Gasteiger partial charge in [0, 0.05) is 24.3 Å². The van der Waals surface area contributed by atoms with E-state index in [0.29, 0.717) is 0 Å². The van der Waals surface area contributed by atoms with Gasteiger partial charge >= 0.3 is 0 Å². The van der Waals surface area contributed by atoms with Crippen molar-refractivity contribution >= 4 is 0 Å². The maximum absolute atomic E-state index is 12.1. The van der Waals surface area contributed by atoms with Crippen molar-refractivity contribution < 1.29 is 0 Å². The molecule has 0 aromatic carbocycles. The van der Waals surface area contributed by atoms with E-state index in [1.54, 1.807) is 6.07 Å². The summed E-state index contributed by atoms with van der Waals surface area (Å²) in [5, 5.41) is 0. The maximum atomic E-state index is 12.1. The highest BCUT2D eigenvalue weighted by molar-refractivity contribution is 5.27. The van der Waals surface area contributed by atoms with E-state index < -0.39 is 0 Å². The molecule has 3 rings (SSSR count). The largest absolute Gasteiger partial charge is 0.324 e. The molecule has 4 heteroatoms. The number of pyridine rings is 1. The van der Waals surface area contributed by atoms with Crippen LogP contribution in [-0.2, 0) is 13.0 Å². The monoisotopic (exact) mass is 275 g/mol. The number of likely N-dealkylation sites (tertiary alicyclic amines) is 1. The average Bonchev–Trinajstić information content (AvgIpc) is 2.95. The lowest BCUT2D eigenvalue weighted by Crippen LogP contribution is -2.30. The molecule has 1 unspecified atom stereocenters. The molecule has 1 aliphatic carbocycles. The molecule has 2 heterocycles. The van der Waals surface area contributed by atoms with Crippen LogP contribution in [0.15, 0.2) is 16.9 Å². The minimum Gasteiger partial charge on any atom is -0.324 e. The molecule has 1 atom stereocenters. The quantitative estimate of drug-likeness (QED) is 0.909. The van der Waals surface area contributed by atoms with Crippen LogP contribution in [0.2, 0.25) is 0 Å². The summed E-state index contributed by atoms with van der Waals surface area (Å²) in [7, 11) is 0. The Bertz CT molecular complexity index is 517. The lowest BCUT2D eigenvalue weighted by molar-refractivity contribution is 0.322. The van der Waals surface area contributed by atoms with Crippen LogP contribution in [0.4, 0.5) is 0 Å². The third-order valence-electron chi connectivity index (χ3n) is 4.71. The minimum atomic E-state index is 0.115. The van der Waals surface area contributed by atoms with Crippen molar-refractivity contribution in [3.05, 3.63) is 33.7 Å². The van der Waals surface area contributed by atoms with Gasteiger partial charge in [0.1, 0.15) is 0 Å². The molecular weight excluding hydrogens is 250 g/mol. The van der Waals surface area contributed by atoms with Gasteiger partial charge in [-0.05, 0) is 63.7 Å². The van der Waals surface area contributed by atoms with E-state index >= 15 is 0 Å². The van der Waals surface area contributed by atoms with Crippen molar-refractivity contribution in [2.75, 3.05) is 19.6 Å². The van der Waals surface area contributed by atoms with Crippen molar-refractivity contribution in [1.29, 1.82) is 0 Å². The third-order valence-corrected chi connectivity index (χ3v) is 4.71. The Kier molecular flexibility index (Phi) is 4.22. The first-order valence-electron chi connectivity index (χ1n) is 7.96. The lowest BCUT2D eigenvalue weighted by atomic mass is 9.91. The smallest absolute Gasteiger partial charge is 0.250 e. The number of hydrogen-bond donors (Lipinski definition) is 1. The summed E-state index contributed by atoms with van der Waals surface area (Å²) in [5.74, 6) is 0. The Hall–Kier alpha value is -1.13. The van der Waals surface area contributed by atoms with Crippen LogP contribution < -0.4 is 11.3 Å². The second-order valence-electron chi connectivity index (χ2n) is 6.13. The van der Waals surface area contributed by atoms with Crippen LogP contribution in [0.3, 0.4) is 0 Å². The highest BCUT2D eigenvalue weighted by Gasteiger charge is 2.20. The van der Waals surface area contributed by atoms with Gasteiger partial charge in [-0.3, -0.25) is 4.79 Å². The molecule has 1 aromatic rings. The number of nitrogens with two attached hydrogens (primary N) is 1. The topological polar surface area (TPSA) is 51.3 Å². The van der Waals surface area contributed by atoms with Crippen molar-refractivity contribution in [2.45, 2.75) is 51.1 Å². The van der Waals surface area contributed by atoms with Crippen LogP contribution in [0.25, 0.3) is 0 Å². The second-order valence-corrected chi connectivity index (χ2v) is 6.13. The van der Waals surface area contributed by atoms with Crippen LogP contribution >= 0.6 is 0 Å². The molecule has 0 radical (unpaired) electrons. The molecule has 1 fully saturated rings. The molecule has 1 saturated heterocycles. The Morgan fingerprint density at radius 3 is 2.75 bits per heavy atom. The van der Waals surface area contributed by atoms with Crippen molar-refractivity contribution in [3.63, 3.8) is 0 Å². The molecule has 2 aliphatic rings. The number of rotatable bonds is 4. The molecular formula is C16H25N3O. The minimum absolute atomic E-state index is 0.115. The highest BCUT2D eigenvalue weighted by Crippen LogP contribution is 2.26. The van der Waals surface area contributed by atoms with Gasteiger partial charge in [-0.25, -0.2) is 0 Å². The van der Waals surface area contributed by atoms with E-state index in [0.717, 1.165) is 38.8 Å². The standard InChI is InChI=1S/C16H25N3O/c17-14-5-3-6-15-13(14)7-8-16(20)19(15)12-4-11-18-9-1-2-10-18/h7-8,14H,1-6,9-12,17H2. The number of aromatic nitrogens is 1. The highest BCUT2D eigenvalue weighted by atomic mass is 16.1. The Balaban J connectivity index is 1.71. The van der Waals surface area contributed by atoms with Crippen molar-refractivity contribution in [1.82, 2.24) is 9.47 Å². The zero-order valence-corrected chi connectivity index (χ0v) is 12.2. The van der Waals surface area contributed by atoms with Crippen LogP contribution in [0.5, 0.6) is 0 Å². The van der Waals surface area contributed by atoms with Crippen LogP contribution in [0.1, 0.15) is 49.4 Å². The SMILES string of the molecule is NC1CCCc2c1ccc(=O)n2CCCN1CCCC1. The number of hydrogen-bond acceptors (Lipinski definition) is 3. The van der Waals surface area contributed by atoms with E-state index in [1.807, 2.05) is 10.6 Å². The molecule has 1 aromatic heterocycles. The molecule has 4 nitrogen and oxygen atoms in total. The van der Waals surface area contributed by atoms with E-state index in [-0.39, 0.29) is 11.6 Å². The second kappa shape index (κ2) is 6.10. The van der Waals surface area contributed by atoms with E-state index in [9.17, 15) is 4.79 Å². The van der Waals surface area contributed by atoms with E-state index in [1.165, 1.54) is 37.2 Å². The first-order chi connectivity index (χ1) is 9.75. The van der Waals surface area contributed by atoms with Crippen molar-refractivity contribution in [3.8, 4) is 0 Å². The van der Waals surface area contributed by atoms with Gasteiger partial charge in [-0.1, -0.05) is 6.07 Å². The fourth-order valence-corrected chi connectivity index (χ4v) is 3.60. The lowest BCUT2D eigenvalue weighted by Gasteiger charge is -2.25. The fourth-order valence-electron chi connectivity index (χ4n) is 3.60. The van der Waals surface area contributed by atoms with Gasteiger partial charge in [0.25, 0.3) is 5.56 Å². The summed E-state index contributed by atoms with van der Waals surface area (Å²) >= 11 is 0. The third kappa shape index (κ3) is 2.81. The summed E-state index contributed by atoms with van der Waals surface area (Å²) in [6, 6.07) is 3.75. The summed E-state index contributed by atoms with van der Waals surface area (Å²) in [6.45, 7) is 4.41. The zero-order valence-electron chi connectivity index (χ0n) is 12.2. The Morgan fingerprint density at radius 2 is 1.95 bits per heavy atom. The summed E-state index contributed by atoms with van der Waals surface area (Å²) < 4.78 is 1.98. The maximum Gasteiger partial charge on any atom is 0.250 e. The van der Waals surface area contributed by atoms with Crippen LogP contribution in [-0.4, -0.2) is 29.1 Å². The number of nitrogens with zero attached hydrogens (tertiary/aromatic N) is 2. The normalized spacial score (nSPS) is 22.9. The molecule has 20 heavy (non-hydrogen) atoms. The predicted molar refractivity (Wildman–Crippen MR) is 80.9 cm³/mol. The van der Waals surface area contributed by atoms with Crippen molar-refractivity contribution in [2.24, 2.45) is 5.73 Å². The van der Waals surface area contributed by atoms with Gasteiger partial charge in [0.05, 0.1) is 0 Å². The molecule has 0 saturated carbocycles. The summed E-state index contributed by atoms with van der Waals surface area (Å²) in [6.07, 6.45) is 6.86. The average molecular weight is 275 g/mol. The number of fused-ring (bicyclic) bond motifs is 1. The van der Waals surface area contributed by atoms with Gasteiger partial charge in [0.2, 0.25) is 0 Å². The molecule has 0 bridgehead atoms. The predicted octanol–water partition coefficient (Wildman–Crippen LogP) is 1.67. The summed E-state index contributed by atoms with van der Waals surface area (Å²) in [5.41, 5.74) is 8.69. The Morgan fingerprint density at radius 1 is 1.15 bits per heavy atom. The molecule has 1 aliphatic heterocycles. The van der Waals surface area contributed by atoms with E-state index in [4.69, 9.17) is 5.73 Å². The Labute approximate surface area is 120 Å². The van der Waals surface area contributed by atoms with E-state index in [2.05, 4.69) is 4.90 Å². The van der Waals surface area contributed by atoms with Gasteiger partial charge in [-0.2, -0.15) is 0 Å². The fraction of sp³-hybridized carbons (Fsp3) is 0.688. The van der Waals surface area contributed by atoms with Gasteiger partial charge in [0.15, 0.2) is 0 Å². The molecule has 2 N–H and O–H groups in total.